The maximum absolute atomic E-state index is 13.2. The maximum atomic E-state index is 13.2. The van der Waals surface area contributed by atoms with Crippen molar-refractivity contribution >= 4 is 17.6 Å². The van der Waals surface area contributed by atoms with Gasteiger partial charge < -0.3 is 24.4 Å². The second-order valence-corrected chi connectivity index (χ2v) is 6.84. The Morgan fingerprint density at radius 1 is 1.26 bits per heavy atom. The molecule has 0 unspecified atom stereocenters. The molecule has 7 heteroatoms. The normalized spacial score (nSPS) is 19.2. The summed E-state index contributed by atoms with van der Waals surface area (Å²) in [5.41, 5.74) is 0.443. The highest BCUT2D eigenvalue weighted by atomic mass is 16.6. The Morgan fingerprint density at radius 3 is 2.56 bits per heavy atom. The van der Waals surface area contributed by atoms with E-state index in [-0.39, 0.29) is 5.91 Å². The molecular weight excluding hydrogens is 348 g/mol. The molecule has 0 bridgehead atoms. The predicted molar refractivity (Wildman–Crippen MR) is 101 cm³/mol. The second-order valence-electron chi connectivity index (χ2n) is 6.84. The molecule has 0 aromatic heterocycles. The van der Waals surface area contributed by atoms with Crippen molar-refractivity contribution in [1.82, 2.24) is 4.90 Å². The topological polar surface area (TPSA) is 77.1 Å². The van der Waals surface area contributed by atoms with Crippen LogP contribution >= 0.6 is 0 Å². The number of hydrogen-bond acceptors (Lipinski definition) is 6. The largest absolute Gasteiger partial charge is 0.497 e. The zero-order valence-electron chi connectivity index (χ0n) is 16.3. The second kappa shape index (κ2) is 7.60. The first kappa shape index (κ1) is 19.2. The van der Waals surface area contributed by atoms with Crippen LogP contribution in [0.3, 0.4) is 0 Å². The molecule has 0 radical (unpaired) electrons. The van der Waals surface area contributed by atoms with Gasteiger partial charge in [-0.1, -0.05) is 6.92 Å². The third-order valence-corrected chi connectivity index (χ3v) is 5.42. The fourth-order valence-corrected chi connectivity index (χ4v) is 3.81. The van der Waals surface area contributed by atoms with Gasteiger partial charge in [0.2, 0.25) is 0 Å². The summed E-state index contributed by atoms with van der Waals surface area (Å²) in [6.07, 6.45) is 1.23. The van der Waals surface area contributed by atoms with Crippen LogP contribution in [0.1, 0.15) is 26.7 Å². The number of ether oxygens (including phenoxy) is 3. The van der Waals surface area contributed by atoms with Crippen LogP contribution in [0.5, 0.6) is 11.5 Å². The molecule has 1 aromatic rings. The average Bonchev–Trinajstić information content (AvgIpc) is 2.92. The number of hydrogen-bond donors (Lipinski definition) is 1. The van der Waals surface area contributed by atoms with Crippen molar-refractivity contribution < 1.29 is 23.8 Å². The van der Waals surface area contributed by atoms with Gasteiger partial charge in [-0.25, -0.2) is 4.79 Å². The molecule has 1 spiro atoms. The summed E-state index contributed by atoms with van der Waals surface area (Å²) in [4.78, 5) is 27.7. The van der Waals surface area contributed by atoms with Crippen LogP contribution in [0, 0.1) is 0 Å². The lowest BCUT2D eigenvalue weighted by Gasteiger charge is -2.39. The number of methoxy groups -OCH3 is 2. The SMILES string of the molecule is CCN1CCC2(CC1)OC(=O)C(C)=C2C(=O)Nc1cc(OC)ccc1OC. The van der Waals surface area contributed by atoms with E-state index in [0.29, 0.717) is 41.2 Å². The predicted octanol–water partition coefficient (Wildman–Crippen LogP) is 2.37. The Balaban J connectivity index is 1.89. The lowest BCUT2D eigenvalue weighted by atomic mass is 9.82. The van der Waals surface area contributed by atoms with E-state index < -0.39 is 11.6 Å². The van der Waals surface area contributed by atoms with E-state index in [2.05, 4.69) is 17.1 Å². The Morgan fingerprint density at radius 2 is 1.96 bits per heavy atom. The lowest BCUT2D eigenvalue weighted by Crippen LogP contribution is -2.47. The number of piperidine rings is 1. The van der Waals surface area contributed by atoms with Crippen molar-refractivity contribution in [1.29, 1.82) is 0 Å². The zero-order valence-corrected chi connectivity index (χ0v) is 16.3. The van der Waals surface area contributed by atoms with Gasteiger partial charge in [0.25, 0.3) is 5.91 Å². The van der Waals surface area contributed by atoms with Crippen LogP contribution < -0.4 is 14.8 Å². The number of nitrogens with one attached hydrogen (secondary N) is 1. The first-order chi connectivity index (χ1) is 12.9. The molecule has 146 valence electrons. The molecule has 1 fully saturated rings. The van der Waals surface area contributed by atoms with E-state index in [9.17, 15) is 9.59 Å². The summed E-state index contributed by atoms with van der Waals surface area (Å²) in [5, 5.41) is 2.88. The summed E-state index contributed by atoms with van der Waals surface area (Å²) in [5.74, 6) is 0.363. The monoisotopic (exact) mass is 374 g/mol. The molecule has 0 atom stereocenters. The molecule has 1 aromatic carbocycles. The summed E-state index contributed by atoms with van der Waals surface area (Å²) in [7, 11) is 3.09. The Hall–Kier alpha value is -2.54. The summed E-state index contributed by atoms with van der Waals surface area (Å²) < 4.78 is 16.3. The minimum absolute atomic E-state index is 0.338. The fraction of sp³-hybridized carbons (Fsp3) is 0.500. The van der Waals surface area contributed by atoms with Crippen LogP contribution in [-0.2, 0) is 14.3 Å². The van der Waals surface area contributed by atoms with Gasteiger partial charge in [-0.2, -0.15) is 0 Å². The van der Waals surface area contributed by atoms with E-state index in [1.54, 1.807) is 32.2 Å². The molecule has 27 heavy (non-hydrogen) atoms. The van der Waals surface area contributed by atoms with Crippen molar-refractivity contribution in [2.45, 2.75) is 32.3 Å². The van der Waals surface area contributed by atoms with Crippen LogP contribution in [0.15, 0.2) is 29.3 Å². The molecule has 1 amide bonds. The quantitative estimate of drug-likeness (QED) is 0.798. The first-order valence-electron chi connectivity index (χ1n) is 9.14. The van der Waals surface area contributed by atoms with Gasteiger partial charge in [0.15, 0.2) is 0 Å². The molecule has 1 N–H and O–H groups in total. The van der Waals surface area contributed by atoms with Crippen LogP contribution in [0.4, 0.5) is 5.69 Å². The van der Waals surface area contributed by atoms with Crippen LogP contribution in [0.2, 0.25) is 0 Å². The molecule has 2 aliphatic rings. The smallest absolute Gasteiger partial charge is 0.335 e. The highest BCUT2D eigenvalue weighted by Gasteiger charge is 2.50. The number of rotatable bonds is 5. The number of carbonyl (C=O) groups is 2. The maximum Gasteiger partial charge on any atom is 0.335 e. The van der Waals surface area contributed by atoms with Crippen molar-refractivity contribution in [2.75, 3.05) is 39.2 Å². The van der Waals surface area contributed by atoms with Crippen molar-refractivity contribution in [3.63, 3.8) is 0 Å². The van der Waals surface area contributed by atoms with Gasteiger partial charge in [0.05, 0.1) is 25.5 Å². The molecule has 2 heterocycles. The van der Waals surface area contributed by atoms with E-state index in [0.717, 1.165) is 19.6 Å². The van der Waals surface area contributed by atoms with Crippen LogP contribution in [0.25, 0.3) is 0 Å². The zero-order chi connectivity index (χ0) is 19.6. The van der Waals surface area contributed by atoms with E-state index >= 15 is 0 Å². The Labute approximate surface area is 159 Å². The van der Waals surface area contributed by atoms with Gasteiger partial charge in [0, 0.05) is 37.6 Å². The molecule has 1 saturated heterocycles. The number of esters is 1. The molecule has 3 rings (SSSR count). The molecule has 0 saturated carbocycles. The third-order valence-electron chi connectivity index (χ3n) is 5.42. The van der Waals surface area contributed by atoms with Gasteiger partial charge in [-0.15, -0.1) is 0 Å². The number of anilines is 1. The fourth-order valence-electron chi connectivity index (χ4n) is 3.81. The van der Waals surface area contributed by atoms with Gasteiger partial charge in [-0.05, 0) is 25.6 Å². The number of nitrogens with zero attached hydrogens (tertiary/aromatic N) is 1. The standard InChI is InChI=1S/C20H26N2O5/c1-5-22-10-8-20(9-11-22)17(13(2)19(24)27-20)18(23)21-15-12-14(25-3)6-7-16(15)26-4/h6-7,12H,5,8-11H2,1-4H3,(H,21,23). The number of amides is 1. The number of carbonyl (C=O) groups excluding carboxylic acids is 2. The third kappa shape index (κ3) is 3.51. The van der Waals surface area contributed by atoms with Crippen molar-refractivity contribution in [3.05, 3.63) is 29.3 Å². The van der Waals surface area contributed by atoms with Crippen molar-refractivity contribution in [3.8, 4) is 11.5 Å². The lowest BCUT2D eigenvalue weighted by molar-refractivity contribution is -0.150. The minimum Gasteiger partial charge on any atom is -0.497 e. The van der Waals surface area contributed by atoms with Gasteiger partial charge >= 0.3 is 5.97 Å². The Bertz CT molecular complexity index is 779. The molecule has 0 aliphatic carbocycles. The molecule has 7 nitrogen and oxygen atoms in total. The van der Waals surface area contributed by atoms with Crippen molar-refractivity contribution in [2.24, 2.45) is 0 Å². The summed E-state index contributed by atoms with van der Waals surface area (Å²) in [6.45, 7) is 6.27. The summed E-state index contributed by atoms with van der Waals surface area (Å²) in [6, 6.07) is 5.17. The molecular formula is C20H26N2O5. The average molecular weight is 374 g/mol. The van der Waals surface area contributed by atoms with Gasteiger partial charge in [-0.3, -0.25) is 4.79 Å². The van der Waals surface area contributed by atoms with E-state index in [1.165, 1.54) is 7.11 Å². The highest BCUT2D eigenvalue weighted by Crippen LogP contribution is 2.42. The highest BCUT2D eigenvalue weighted by molar-refractivity contribution is 6.13. The Kier molecular flexibility index (Phi) is 5.41. The summed E-state index contributed by atoms with van der Waals surface area (Å²) >= 11 is 0. The first-order valence-corrected chi connectivity index (χ1v) is 9.14. The minimum atomic E-state index is -0.844. The number of benzene rings is 1. The van der Waals surface area contributed by atoms with E-state index in [1.807, 2.05) is 0 Å². The molecule has 2 aliphatic heterocycles. The number of likely N-dealkylation sites (tertiary alicyclic amines) is 1. The van der Waals surface area contributed by atoms with E-state index in [4.69, 9.17) is 14.2 Å². The van der Waals surface area contributed by atoms with Crippen LogP contribution in [-0.4, -0.2) is 56.2 Å². The van der Waals surface area contributed by atoms with Gasteiger partial charge in [0.1, 0.15) is 17.1 Å².